The van der Waals surface area contributed by atoms with E-state index in [2.05, 4.69) is 32.0 Å². The van der Waals surface area contributed by atoms with Crippen LogP contribution in [0.15, 0.2) is 18.2 Å². The van der Waals surface area contributed by atoms with Crippen molar-refractivity contribution in [2.24, 2.45) is 0 Å². The zero-order valence-corrected chi connectivity index (χ0v) is 18.4. The molecule has 2 aliphatic heterocycles. The van der Waals surface area contributed by atoms with E-state index in [1.165, 1.54) is 16.7 Å². The largest absolute Gasteiger partial charge is 0.444 e. The van der Waals surface area contributed by atoms with Gasteiger partial charge >= 0.3 is 6.09 Å². The summed E-state index contributed by atoms with van der Waals surface area (Å²) in [5.74, 6) is 0.0810. The molecule has 0 radical (unpaired) electrons. The smallest absolute Gasteiger partial charge is 0.410 e. The average molecular weight is 403 g/mol. The lowest BCUT2D eigenvalue weighted by atomic mass is 9.95. The van der Waals surface area contributed by atoms with E-state index in [1.54, 1.807) is 4.90 Å². The quantitative estimate of drug-likeness (QED) is 0.767. The first-order valence-corrected chi connectivity index (χ1v) is 10.6. The van der Waals surface area contributed by atoms with E-state index >= 15 is 0 Å². The van der Waals surface area contributed by atoms with E-state index in [-0.39, 0.29) is 30.5 Å². The van der Waals surface area contributed by atoms with E-state index in [4.69, 9.17) is 9.47 Å². The van der Waals surface area contributed by atoms with Crippen molar-refractivity contribution in [3.8, 4) is 0 Å². The zero-order chi connectivity index (χ0) is 21.2. The van der Waals surface area contributed by atoms with Crippen LogP contribution in [0, 0.1) is 13.8 Å². The molecule has 0 aliphatic carbocycles. The Kier molecular flexibility index (Phi) is 6.52. The fraction of sp³-hybridized carbons (Fsp3) is 0.652. The van der Waals surface area contributed by atoms with E-state index in [1.807, 2.05) is 25.7 Å². The number of hydrogen-bond donors (Lipinski definition) is 0. The lowest BCUT2D eigenvalue weighted by molar-refractivity contribution is -0.135. The van der Waals surface area contributed by atoms with E-state index < -0.39 is 5.60 Å². The minimum Gasteiger partial charge on any atom is -0.444 e. The molecule has 0 saturated carbocycles. The maximum Gasteiger partial charge on any atom is 0.410 e. The molecule has 160 valence electrons. The van der Waals surface area contributed by atoms with Gasteiger partial charge in [0.25, 0.3) is 0 Å². The Bertz CT molecular complexity index is 756. The number of hydrogen-bond acceptors (Lipinski definition) is 4. The van der Waals surface area contributed by atoms with Crippen LogP contribution in [-0.4, -0.2) is 59.7 Å². The number of carbonyl (C=O) groups is 2. The Labute approximate surface area is 174 Å². The number of nitrogens with zero attached hydrogens (tertiary/aromatic N) is 2. The molecule has 6 heteroatoms. The number of benzene rings is 1. The first kappa shape index (κ1) is 21.6. The van der Waals surface area contributed by atoms with Crippen molar-refractivity contribution in [1.29, 1.82) is 0 Å². The summed E-state index contributed by atoms with van der Waals surface area (Å²) in [5, 5.41) is 0. The number of likely N-dealkylation sites (tertiary alicyclic amines) is 1. The standard InChI is InChI=1S/C23H34N2O4/c1-16-8-6-9-19(17(16)2)20-10-7-11-25(20)21(26)14-18-15-28-13-12-24(18)22(27)29-23(3,4)5/h6,8-9,18,20H,7,10-15H2,1-5H3/t18-,20+/m0/s1. The van der Waals surface area contributed by atoms with Gasteiger partial charge in [0.2, 0.25) is 5.91 Å². The number of amides is 2. The number of aryl methyl sites for hydroxylation is 1. The molecule has 2 heterocycles. The number of ether oxygens (including phenoxy) is 2. The third-order valence-corrected chi connectivity index (χ3v) is 5.84. The van der Waals surface area contributed by atoms with Crippen molar-refractivity contribution in [3.05, 3.63) is 34.9 Å². The summed E-state index contributed by atoms with van der Waals surface area (Å²) in [6.07, 6.45) is 1.88. The Morgan fingerprint density at radius 3 is 2.66 bits per heavy atom. The summed E-state index contributed by atoms with van der Waals surface area (Å²) < 4.78 is 11.1. The highest BCUT2D eigenvalue weighted by Gasteiger charge is 2.36. The third-order valence-electron chi connectivity index (χ3n) is 5.84. The SMILES string of the molecule is Cc1cccc([C@H]2CCCN2C(=O)C[C@H]2COCCN2C(=O)OC(C)(C)C)c1C. The van der Waals surface area contributed by atoms with Crippen LogP contribution in [0.3, 0.4) is 0 Å². The van der Waals surface area contributed by atoms with Gasteiger partial charge in [0, 0.05) is 19.5 Å². The van der Waals surface area contributed by atoms with Crippen molar-refractivity contribution in [2.75, 3.05) is 26.3 Å². The van der Waals surface area contributed by atoms with E-state index in [0.29, 0.717) is 19.8 Å². The highest BCUT2D eigenvalue weighted by molar-refractivity contribution is 5.79. The predicted octanol–water partition coefficient (Wildman–Crippen LogP) is 3.99. The molecular weight excluding hydrogens is 368 g/mol. The first-order chi connectivity index (χ1) is 13.7. The maximum absolute atomic E-state index is 13.2. The van der Waals surface area contributed by atoms with Crippen LogP contribution in [0.1, 0.15) is 62.8 Å². The second-order valence-corrected chi connectivity index (χ2v) is 9.14. The number of morpholine rings is 1. The molecule has 2 aliphatic rings. The van der Waals surface area contributed by atoms with Gasteiger partial charge in [-0.3, -0.25) is 4.79 Å². The molecule has 29 heavy (non-hydrogen) atoms. The minimum absolute atomic E-state index is 0.0810. The molecule has 1 aromatic rings. The first-order valence-electron chi connectivity index (χ1n) is 10.6. The molecular formula is C23H34N2O4. The van der Waals surface area contributed by atoms with Crippen LogP contribution in [0.2, 0.25) is 0 Å². The molecule has 2 saturated heterocycles. The fourth-order valence-electron chi connectivity index (χ4n) is 4.23. The van der Waals surface area contributed by atoms with Gasteiger partial charge in [-0.05, 0) is 64.2 Å². The Balaban J connectivity index is 1.72. The van der Waals surface area contributed by atoms with Gasteiger partial charge < -0.3 is 19.3 Å². The third kappa shape index (κ3) is 5.10. The number of rotatable bonds is 3. The summed E-state index contributed by atoms with van der Waals surface area (Å²) in [5.41, 5.74) is 3.18. The molecule has 2 atom stereocenters. The normalized spacial score (nSPS) is 22.7. The van der Waals surface area contributed by atoms with Crippen LogP contribution >= 0.6 is 0 Å². The van der Waals surface area contributed by atoms with Gasteiger partial charge in [-0.1, -0.05) is 18.2 Å². The van der Waals surface area contributed by atoms with Gasteiger partial charge in [-0.2, -0.15) is 0 Å². The summed E-state index contributed by atoms with van der Waals surface area (Å²) in [6.45, 7) is 11.8. The Morgan fingerprint density at radius 2 is 1.93 bits per heavy atom. The molecule has 2 fully saturated rings. The van der Waals surface area contributed by atoms with Gasteiger partial charge in [0.05, 0.1) is 25.3 Å². The summed E-state index contributed by atoms with van der Waals surface area (Å²) in [6, 6.07) is 6.14. The van der Waals surface area contributed by atoms with Crippen molar-refractivity contribution < 1.29 is 19.1 Å². The minimum atomic E-state index is -0.563. The van der Waals surface area contributed by atoms with Crippen LogP contribution in [0.25, 0.3) is 0 Å². The fourth-order valence-corrected chi connectivity index (χ4v) is 4.23. The van der Waals surface area contributed by atoms with Gasteiger partial charge in [-0.25, -0.2) is 4.79 Å². The Hall–Kier alpha value is -2.08. The highest BCUT2D eigenvalue weighted by atomic mass is 16.6. The van der Waals surface area contributed by atoms with Crippen LogP contribution < -0.4 is 0 Å². The molecule has 6 nitrogen and oxygen atoms in total. The van der Waals surface area contributed by atoms with Gasteiger partial charge in [-0.15, -0.1) is 0 Å². The lowest BCUT2D eigenvalue weighted by Gasteiger charge is -2.37. The number of carbonyl (C=O) groups excluding carboxylic acids is 2. The van der Waals surface area contributed by atoms with Crippen LogP contribution in [0.5, 0.6) is 0 Å². The predicted molar refractivity (Wildman–Crippen MR) is 112 cm³/mol. The molecule has 0 bridgehead atoms. The summed E-state index contributed by atoms with van der Waals surface area (Å²) in [7, 11) is 0. The average Bonchev–Trinajstić information content (AvgIpc) is 3.12. The molecule has 0 N–H and O–H groups in total. The zero-order valence-electron chi connectivity index (χ0n) is 18.4. The molecule has 2 amide bonds. The second-order valence-electron chi connectivity index (χ2n) is 9.14. The van der Waals surface area contributed by atoms with Crippen molar-refractivity contribution in [2.45, 2.75) is 71.6 Å². The highest BCUT2D eigenvalue weighted by Crippen LogP contribution is 2.35. The molecule has 0 aromatic heterocycles. The molecule has 0 spiro atoms. The molecule has 0 unspecified atom stereocenters. The van der Waals surface area contributed by atoms with Gasteiger partial charge in [0.1, 0.15) is 5.60 Å². The summed E-state index contributed by atoms with van der Waals surface area (Å²) in [4.78, 5) is 29.5. The summed E-state index contributed by atoms with van der Waals surface area (Å²) >= 11 is 0. The molecule has 3 rings (SSSR count). The van der Waals surface area contributed by atoms with Crippen molar-refractivity contribution >= 4 is 12.0 Å². The van der Waals surface area contributed by atoms with E-state index in [0.717, 1.165) is 19.4 Å². The lowest BCUT2D eigenvalue weighted by Crippen LogP contribution is -2.52. The van der Waals surface area contributed by atoms with Crippen molar-refractivity contribution in [1.82, 2.24) is 9.80 Å². The maximum atomic E-state index is 13.2. The van der Waals surface area contributed by atoms with Crippen molar-refractivity contribution in [3.63, 3.8) is 0 Å². The Morgan fingerprint density at radius 1 is 1.17 bits per heavy atom. The topological polar surface area (TPSA) is 59.1 Å². The second kappa shape index (κ2) is 8.74. The van der Waals surface area contributed by atoms with Crippen LogP contribution in [0.4, 0.5) is 4.79 Å². The molecule has 1 aromatic carbocycles. The monoisotopic (exact) mass is 402 g/mol. The van der Waals surface area contributed by atoms with Crippen LogP contribution in [-0.2, 0) is 14.3 Å². The van der Waals surface area contributed by atoms with E-state index in [9.17, 15) is 9.59 Å². The van der Waals surface area contributed by atoms with Gasteiger partial charge in [0.15, 0.2) is 0 Å².